The second kappa shape index (κ2) is 5.55. The van der Waals surface area contributed by atoms with E-state index in [4.69, 9.17) is 23.2 Å². The molecule has 6 heteroatoms. The van der Waals surface area contributed by atoms with Gasteiger partial charge in [0, 0.05) is 25.2 Å². The molecule has 104 valence electrons. The molecular formula is C13H16Cl2N2O2. The molecule has 1 heterocycles. The van der Waals surface area contributed by atoms with Gasteiger partial charge in [0.2, 0.25) is 0 Å². The second-order valence-electron chi connectivity index (χ2n) is 5.37. The van der Waals surface area contributed by atoms with E-state index in [1.165, 1.54) is 18.6 Å². The van der Waals surface area contributed by atoms with Crippen LogP contribution in [-0.4, -0.2) is 18.0 Å². The zero-order valence-corrected chi connectivity index (χ0v) is 12.4. The van der Waals surface area contributed by atoms with Gasteiger partial charge >= 0.3 is 0 Å². The van der Waals surface area contributed by atoms with Crippen LogP contribution >= 0.6 is 23.2 Å². The molecule has 1 aliphatic rings. The van der Waals surface area contributed by atoms with Gasteiger partial charge in [0.05, 0.1) is 20.7 Å². The summed E-state index contributed by atoms with van der Waals surface area (Å²) >= 11 is 12.4. The zero-order chi connectivity index (χ0) is 14.2. The Morgan fingerprint density at radius 2 is 1.68 bits per heavy atom. The Morgan fingerprint density at radius 1 is 1.21 bits per heavy atom. The highest BCUT2D eigenvalue weighted by Crippen LogP contribution is 2.39. The summed E-state index contributed by atoms with van der Waals surface area (Å²) in [6.45, 7) is 6.13. The molecule has 0 spiro atoms. The molecule has 19 heavy (non-hydrogen) atoms. The third-order valence-electron chi connectivity index (χ3n) is 3.40. The highest BCUT2D eigenvalue weighted by atomic mass is 35.5. The number of hydrogen-bond donors (Lipinski definition) is 0. The molecule has 2 atom stereocenters. The molecule has 1 aliphatic heterocycles. The van der Waals surface area contributed by atoms with Crippen LogP contribution < -0.4 is 4.90 Å². The summed E-state index contributed by atoms with van der Waals surface area (Å²) in [5.74, 6) is 1.12. The molecule has 0 aliphatic carbocycles. The zero-order valence-electron chi connectivity index (χ0n) is 10.9. The van der Waals surface area contributed by atoms with Crippen molar-refractivity contribution in [2.45, 2.75) is 20.3 Å². The predicted molar refractivity (Wildman–Crippen MR) is 78.3 cm³/mol. The average molecular weight is 303 g/mol. The van der Waals surface area contributed by atoms with Crippen LogP contribution in [0.4, 0.5) is 11.4 Å². The monoisotopic (exact) mass is 302 g/mol. The standard InChI is InChI=1S/C13H16Cl2N2O2/c1-8-3-9(2)7-16(6-8)13-11(14)4-10(17(18)19)5-12(13)15/h4-5,8-9H,3,6-7H2,1-2H3/t8-,9-/m1/s1. The normalized spacial score (nSPS) is 23.5. The maximum atomic E-state index is 10.8. The molecule has 0 radical (unpaired) electrons. The number of non-ortho nitro benzene ring substituents is 1. The van der Waals surface area contributed by atoms with E-state index >= 15 is 0 Å². The number of anilines is 1. The Bertz CT molecular complexity index is 474. The van der Waals surface area contributed by atoms with E-state index in [0.717, 1.165) is 13.1 Å². The Morgan fingerprint density at radius 3 is 2.11 bits per heavy atom. The van der Waals surface area contributed by atoms with Crippen LogP contribution in [-0.2, 0) is 0 Å². The number of halogens is 2. The Hall–Kier alpha value is -1.00. The number of nitro groups is 1. The second-order valence-corrected chi connectivity index (χ2v) is 6.18. The Kier molecular flexibility index (Phi) is 4.21. The van der Waals surface area contributed by atoms with E-state index in [-0.39, 0.29) is 5.69 Å². The minimum atomic E-state index is -0.483. The molecule has 1 aromatic carbocycles. The average Bonchev–Trinajstić information content (AvgIpc) is 2.26. The predicted octanol–water partition coefficient (Wildman–Crippen LogP) is 4.38. The van der Waals surface area contributed by atoms with Crippen LogP contribution in [0.3, 0.4) is 0 Å². The summed E-state index contributed by atoms with van der Waals surface area (Å²) in [5.41, 5.74) is 0.643. The van der Waals surface area contributed by atoms with Gasteiger partial charge in [-0.2, -0.15) is 0 Å². The highest BCUT2D eigenvalue weighted by molar-refractivity contribution is 6.39. The number of benzene rings is 1. The molecule has 4 nitrogen and oxygen atoms in total. The molecule has 0 N–H and O–H groups in total. The van der Waals surface area contributed by atoms with E-state index in [9.17, 15) is 10.1 Å². The quantitative estimate of drug-likeness (QED) is 0.601. The first kappa shape index (κ1) is 14.4. The number of piperidine rings is 1. The van der Waals surface area contributed by atoms with Gasteiger partial charge in [-0.1, -0.05) is 37.0 Å². The fourth-order valence-electron chi connectivity index (χ4n) is 2.81. The first-order valence-electron chi connectivity index (χ1n) is 6.27. The van der Waals surface area contributed by atoms with Crippen LogP contribution in [0.2, 0.25) is 10.0 Å². The topological polar surface area (TPSA) is 46.4 Å². The van der Waals surface area contributed by atoms with E-state index in [2.05, 4.69) is 18.7 Å². The van der Waals surface area contributed by atoms with Crippen molar-refractivity contribution in [3.05, 3.63) is 32.3 Å². The minimum absolute atomic E-state index is 0.0724. The van der Waals surface area contributed by atoms with Crippen molar-refractivity contribution < 1.29 is 4.92 Å². The van der Waals surface area contributed by atoms with Crippen molar-refractivity contribution in [2.24, 2.45) is 11.8 Å². The molecule has 1 aromatic rings. The highest BCUT2D eigenvalue weighted by Gasteiger charge is 2.26. The van der Waals surface area contributed by atoms with E-state index in [0.29, 0.717) is 27.6 Å². The van der Waals surface area contributed by atoms with Crippen LogP contribution in [0, 0.1) is 22.0 Å². The van der Waals surface area contributed by atoms with Crippen LogP contribution in [0.5, 0.6) is 0 Å². The Labute approximate surface area is 122 Å². The van der Waals surface area contributed by atoms with Crippen molar-refractivity contribution >= 4 is 34.6 Å². The summed E-state index contributed by atoms with van der Waals surface area (Å²) in [5, 5.41) is 11.5. The first-order chi connectivity index (χ1) is 8.88. The minimum Gasteiger partial charge on any atom is -0.369 e. The van der Waals surface area contributed by atoms with Crippen LogP contribution in [0.15, 0.2) is 12.1 Å². The summed E-state index contributed by atoms with van der Waals surface area (Å²) in [4.78, 5) is 12.4. The molecule has 1 fully saturated rings. The van der Waals surface area contributed by atoms with Gasteiger partial charge < -0.3 is 4.90 Å². The molecule has 0 aromatic heterocycles. The van der Waals surface area contributed by atoms with Gasteiger partial charge in [-0.25, -0.2) is 0 Å². The lowest BCUT2D eigenvalue weighted by molar-refractivity contribution is -0.384. The number of hydrogen-bond acceptors (Lipinski definition) is 3. The van der Waals surface area contributed by atoms with Gasteiger partial charge in [-0.05, 0) is 18.3 Å². The third-order valence-corrected chi connectivity index (χ3v) is 3.97. The van der Waals surface area contributed by atoms with Crippen LogP contribution in [0.1, 0.15) is 20.3 Å². The fourth-order valence-corrected chi connectivity index (χ4v) is 3.52. The lowest BCUT2D eigenvalue weighted by atomic mass is 9.91. The van der Waals surface area contributed by atoms with Gasteiger partial charge in [-0.3, -0.25) is 10.1 Å². The first-order valence-corrected chi connectivity index (χ1v) is 7.02. The van der Waals surface area contributed by atoms with Crippen molar-refractivity contribution in [1.82, 2.24) is 0 Å². The van der Waals surface area contributed by atoms with Crippen molar-refractivity contribution in [3.63, 3.8) is 0 Å². The molecule has 0 unspecified atom stereocenters. The molecule has 0 saturated carbocycles. The van der Waals surface area contributed by atoms with Crippen LogP contribution in [0.25, 0.3) is 0 Å². The SMILES string of the molecule is C[C@@H]1C[C@@H](C)CN(c2c(Cl)cc([N+](=O)[O-])cc2Cl)C1. The lowest BCUT2D eigenvalue weighted by Gasteiger charge is -2.37. The number of nitro benzene ring substituents is 1. The number of nitrogens with zero attached hydrogens (tertiary/aromatic N) is 2. The Balaban J connectivity index is 2.37. The largest absolute Gasteiger partial charge is 0.369 e. The summed E-state index contributed by atoms with van der Waals surface area (Å²) in [6.07, 6.45) is 1.18. The maximum Gasteiger partial charge on any atom is 0.272 e. The smallest absolute Gasteiger partial charge is 0.272 e. The van der Waals surface area contributed by atoms with E-state index in [1.54, 1.807) is 0 Å². The molecular weight excluding hydrogens is 287 g/mol. The maximum absolute atomic E-state index is 10.8. The summed E-state index contributed by atoms with van der Waals surface area (Å²) < 4.78 is 0. The molecule has 0 bridgehead atoms. The number of rotatable bonds is 2. The molecule has 2 rings (SSSR count). The summed E-state index contributed by atoms with van der Waals surface area (Å²) in [6, 6.07) is 2.74. The molecule has 0 amide bonds. The van der Waals surface area contributed by atoms with Crippen molar-refractivity contribution in [1.29, 1.82) is 0 Å². The van der Waals surface area contributed by atoms with E-state index < -0.39 is 4.92 Å². The summed E-state index contributed by atoms with van der Waals surface area (Å²) in [7, 11) is 0. The van der Waals surface area contributed by atoms with Gasteiger partial charge in [0.1, 0.15) is 0 Å². The third kappa shape index (κ3) is 3.12. The molecule has 1 saturated heterocycles. The fraction of sp³-hybridized carbons (Fsp3) is 0.538. The lowest BCUT2D eigenvalue weighted by Crippen LogP contribution is -2.39. The van der Waals surface area contributed by atoms with E-state index in [1.807, 2.05) is 0 Å². The van der Waals surface area contributed by atoms with Crippen molar-refractivity contribution in [3.8, 4) is 0 Å². The van der Waals surface area contributed by atoms with Gasteiger partial charge in [0.25, 0.3) is 5.69 Å². The van der Waals surface area contributed by atoms with Gasteiger partial charge in [-0.15, -0.1) is 0 Å². The van der Waals surface area contributed by atoms with Crippen molar-refractivity contribution in [2.75, 3.05) is 18.0 Å². The van der Waals surface area contributed by atoms with Gasteiger partial charge in [0.15, 0.2) is 0 Å².